The normalized spacial score (nSPS) is 35.7. The zero-order valence-electron chi connectivity index (χ0n) is 24.4. The van der Waals surface area contributed by atoms with Crippen molar-refractivity contribution in [2.45, 2.75) is 67.0 Å². The molecule has 0 saturated carbocycles. The van der Waals surface area contributed by atoms with E-state index in [9.17, 15) is 45.6 Å². The second-order valence-corrected chi connectivity index (χ2v) is 11.7. The highest BCUT2D eigenvalue weighted by Gasteiger charge is 2.54. The summed E-state index contributed by atoms with van der Waals surface area (Å²) in [7, 11) is 0. The Morgan fingerprint density at radius 2 is 1.11 bits per heavy atom. The molecule has 1 spiro atoms. The molecular weight excluding hydrogens is 624 g/mol. The fraction of sp³-hybridized carbons (Fsp3) is 0.406. The second kappa shape index (κ2) is 12.0. The average molecular weight is 657 g/mol. The highest BCUT2D eigenvalue weighted by Crippen LogP contribution is 2.57. The lowest BCUT2D eigenvalue weighted by Crippen LogP contribution is -2.60. The molecule has 0 amide bonds. The maximum atomic E-state index is 13.2. The van der Waals surface area contributed by atoms with Gasteiger partial charge in [-0.25, -0.2) is 4.79 Å². The van der Waals surface area contributed by atoms with Gasteiger partial charge in [0.15, 0.2) is 5.60 Å². The standard InChI is InChI=1S/C32H32O15/c33-11-21-23(35)25(37)27(39)30(45-21)42-13-5-7-17-19(9-13)44-20-10-14(43-31-28(40)26(38)24(36)22(12-34)46-31)6-8-18(20)32(17)16-4-2-1-3-15(16)29(41)47-32/h1-10,21-28,30-31,33-40H,11-12H2/t21-,22-,23-,24-,25+,26+,27-,28-,30?,31?,32?/m1/s1. The molecule has 8 N–H and O–H groups in total. The van der Waals surface area contributed by atoms with Gasteiger partial charge in [-0.3, -0.25) is 0 Å². The first-order valence-corrected chi connectivity index (χ1v) is 14.8. The number of rotatable bonds is 6. The molecule has 0 radical (unpaired) electrons. The van der Waals surface area contributed by atoms with Crippen LogP contribution in [0.25, 0.3) is 0 Å². The highest BCUT2D eigenvalue weighted by molar-refractivity contribution is 5.97. The van der Waals surface area contributed by atoms with Gasteiger partial charge in [0.1, 0.15) is 71.8 Å². The Hall–Kier alpha value is -3.87. The van der Waals surface area contributed by atoms with Gasteiger partial charge in [0.2, 0.25) is 12.6 Å². The van der Waals surface area contributed by atoms with Crippen LogP contribution in [-0.2, 0) is 19.8 Å². The van der Waals surface area contributed by atoms with Gasteiger partial charge >= 0.3 is 5.97 Å². The van der Waals surface area contributed by atoms with Crippen LogP contribution in [0, 0.1) is 0 Å². The topological polar surface area (TPSA) is 234 Å². The number of hydrogen-bond donors (Lipinski definition) is 8. The minimum absolute atomic E-state index is 0.0954. The van der Waals surface area contributed by atoms with Crippen molar-refractivity contribution in [2.24, 2.45) is 0 Å². The first-order chi connectivity index (χ1) is 22.6. The van der Waals surface area contributed by atoms with Gasteiger partial charge in [-0.15, -0.1) is 0 Å². The molecule has 2 saturated heterocycles. The Kier molecular flexibility index (Phi) is 8.08. The van der Waals surface area contributed by atoms with E-state index in [2.05, 4.69) is 0 Å². The quantitative estimate of drug-likeness (QED) is 0.143. The molecule has 0 aromatic heterocycles. The maximum Gasteiger partial charge on any atom is 0.340 e. The molecule has 10 atom stereocenters. The van der Waals surface area contributed by atoms with Crippen LogP contribution in [0.5, 0.6) is 23.0 Å². The lowest BCUT2D eigenvalue weighted by molar-refractivity contribution is -0.277. The summed E-state index contributed by atoms with van der Waals surface area (Å²) < 4.78 is 35.0. The number of aliphatic hydroxyl groups is 8. The van der Waals surface area contributed by atoms with E-state index >= 15 is 0 Å². The molecule has 3 aromatic rings. The molecule has 0 bridgehead atoms. The zero-order chi connectivity index (χ0) is 33.2. The Morgan fingerprint density at radius 3 is 1.60 bits per heavy atom. The number of fused-ring (bicyclic) bond motifs is 6. The molecule has 4 aliphatic rings. The van der Waals surface area contributed by atoms with Crippen molar-refractivity contribution in [3.05, 3.63) is 82.9 Å². The predicted molar refractivity (Wildman–Crippen MR) is 153 cm³/mol. The third-order valence-corrected chi connectivity index (χ3v) is 8.86. The molecule has 3 aromatic carbocycles. The molecule has 2 fully saturated rings. The molecule has 4 aliphatic heterocycles. The van der Waals surface area contributed by atoms with Crippen molar-refractivity contribution in [1.82, 2.24) is 0 Å². The Bertz CT molecular complexity index is 1570. The third-order valence-electron chi connectivity index (χ3n) is 8.86. The summed E-state index contributed by atoms with van der Waals surface area (Å²) in [5.74, 6) is -0.0677. The van der Waals surface area contributed by atoms with Crippen molar-refractivity contribution in [3.63, 3.8) is 0 Å². The molecule has 2 unspecified atom stereocenters. The molecule has 15 heteroatoms. The van der Waals surface area contributed by atoms with Crippen LogP contribution in [0.2, 0.25) is 0 Å². The summed E-state index contributed by atoms with van der Waals surface area (Å²) in [5.41, 5.74) is 0.217. The number of carbonyl (C=O) groups is 1. The maximum absolute atomic E-state index is 13.2. The van der Waals surface area contributed by atoms with E-state index in [-0.39, 0.29) is 23.0 Å². The lowest BCUT2D eigenvalue weighted by Gasteiger charge is -2.40. The van der Waals surface area contributed by atoms with Gasteiger partial charge in [-0.1, -0.05) is 18.2 Å². The van der Waals surface area contributed by atoms with E-state index in [1.54, 1.807) is 36.4 Å². The van der Waals surface area contributed by atoms with Crippen LogP contribution < -0.4 is 14.2 Å². The number of ether oxygens (including phenoxy) is 6. The average Bonchev–Trinajstić information content (AvgIpc) is 3.37. The summed E-state index contributed by atoms with van der Waals surface area (Å²) in [6.45, 7) is -1.29. The first kappa shape index (κ1) is 31.7. The van der Waals surface area contributed by atoms with Crippen LogP contribution in [0.1, 0.15) is 27.0 Å². The largest absolute Gasteiger partial charge is 0.462 e. The van der Waals surface area contributed by atoms with E-state index in [4.69, 9.17) is 28.4 Å². The fourth-order valence-corrected chi connectivity index (χ4v) is 6.38. The van der Waals surface area contributed by atoms with Crippen LogP contribution in [-0.4, -0.2) is 121 Å². The molecule has 0 aliphatic carbocycles. The second-order valence-electron chi connectivity index (χ2n) is 11.7. The van der Waals surface area contributed by atoms with Crippen LogP contribution in [0.15, 0.2) is 60.7 Å². The predicted octanol–water partition coefficient (Wildman–Crippen LogP) is -1.39. The van der Waals surface area contributed by atoms with Crippen molar-refractivity contribution in [2.75, 3.05) is 13.2 Å². The number of esters is 1. The molecule has 7 rings (SSSR count). The third kappa shape index (κ3) is 5.03. The van der Waals surface area contributed by atoms with Crippen molar-refractivity contribution >= 4 is 5.97 Å². The van der Waals surface area contributed by atoms with Crippen molar-refractivity contribution in [3.8, 4) is 23.0 Å². The van der Waals surface area contributed by atoms with E-state index in [1.165, 1.54) is 24.3 Å². The SMILES string of the molecule is O=C1OC2(c3ccc(OC4O[C@H](CO)[C@@H](O)[C@H](O)[C@H]4O)cc3Oc3cc(OC4O[C@H](CO)[C@@H](O)[C@H](O)[C@H]4O)ccc32)c2ccccc21. The summed E-state index contributed by atoms with van der Waals surface area (Å²) in [4.78, 5) is 13.2. The van der Waals surface area contributed by atoms with Crippen molar-refractivity contribution in [1.29, 1.82) is 0 Å². The Morgan fingerprint density at radius 1 is 0.617 bits per heavy atom. The number of aliphatic hydroxyl groups excluding tert-OH is 8. The summed E-state index contributed by atoms with van der Waals surface area (Å²) in [6.07, 6.45) is -15.1. The van der Waals surface area contributed by atoms with E-state index in [0.717, 1.165) is 0 Å². The molecule has 15 nitrogen and oxygen atoms in total. The minimum Gasteiger partial charge on any atom is -0.462 e. The van der Waals surface area contributed by atoms with E-state index < -0.39 is 86.2 Å². The fourth-order valence-electron chi connectivity index (χ4n) is 6.38. The van der Waals surface area contributed by atoms with Gasteiger partial charge < -0.3 is 69.3 Å². The smallest absolute Gasteiger partial charge is 0.340 e. The van der Waals surface area contributed by atoms with Gasteiger partial charge in [-0.05, 0) is 30.3 Å². The van der Waals surface area contributed by atoms with Crippen molar-refractivity contribution < 1.29 is 74.1 Å². The highest BCUT2D eigenvalue weighted by atomic mass is 16.7. The van der Waals surface area contributed by atoms with Crippen LogP contribution in [0.4, 0.5) is 0 Å². The lowest BCUT2D eigenvalue weighted by atomic mass is 9.77. The zero-order valence-corrected chi connectivity index (χ0v) is 24.4. The molecular formula is C32H32O15. The number of hydrogen-bond acceptors (Lipinski definition) is 15. The van der Waals surface area contributed by atoms with Gasteiger partial charge in [0.05, 0.1) is 18.8 Å². The monoisotopic (exact) mass is 656 g/mol. The van der Waals surface area contributed by atoms with Crippen LogP contribution in [0.3, 0.4) is 0 Å². The van der Waals surface area contributed by atoms with E-state index in [1.807, 2.05) is 0 Å². The van der Waals surface area contributed by atoms with E-state index in [0.29, 0.717) is 22.3 Å². The molecule has 250 valence electrons. The number of carbonyl (C=O) groups excluding carboxylic acids is 1. The minimum atomic E-state index is -1.67. The Labute approximate surface area is 266 Å². The molecule has 4 heterocycles. The van der Waals surface area contributed by atoms with Gasteiger partial charge in [0, 0.05) is 28.8 Å². The first-order valence-electron chi connectivity index (χ1n) is 14.8. The summed E-state index contributed by atoms with van der Waals surface area (Å²) >= 11 is 0. The Balaban J connectivity index is 1.26. The van der Waals surface area contributed by atoms with Gasteiger partial charge in [-0.2, -0.15) is 0 Å². The number of benzene rings is 3. The summed E-state index contributed by atoms with van der Waals surface area (Å²) in [6, 6.07) is 16.0. The molecule has 47 heavy (non-hydrogen) atoms. The van der Waals surface area contributed by atoms with Gasteiger partial charge in [0.25, 0.3) is 0 Å². The van der Waals surface area contributed by atoms with Crippen LogP contribution >= 0.6 is 0 Å². The summed E-state index contributed by atoms with van der Waals surface area (Å²) in [5, 5.41) is 80.7.